The molecule has 0 radical (unpaired) electrons. The molecule has 1 N–H and O–H groups in total. The molecule has 0 saturated carbocycles. The summed E-state index contributed by atoms with van der Waals surface area (Å²) in [7, 11) is 0. The highest BCUT2D eigenvalue weighted by Gasteiger charge is 2.07. The lowest BCUT2D eigenvalue weighted by atomic mass is 10.3. The molecule has 0 fully saturated rings. The van der Waals surface area contributed by atoms with E-state index in [2.05, 4.69) is 55.4 Å². The third-order valence-electron chi connectivity index (χ3n) is 1.53. The summed E-state index contributed by atoms with van der Waals surface area (Å²) < 4.78 is 2.09. The van der Waals surface area contributed by atoms with Crippen LogP contribution in [0.25, 0.3) is 10.9 Å². The molecule has 1 heterocycles. The average Bonchev–Trinajstić information content (AvgIpc) is 2.31. The quantitative estimate of drug-likeness (QED) is 0.670. The van der Waals surface area contributed by atoms with Gasteiger partial charge in [-0.25, -0.2) is 0 Å². The van der Waals surface area contributed by atoms with Gasteiger partial charge in [-0.05, 0) is 57.3 Å². The fourth-order valence-electron chi connectivity index (χ4n) is 1.03. The number of hydrogen-bond donors (Lipinski definition) is 1. The molecular weight excluding hydrogens is 401 g/mol. The number of benzene rings is 1. The minimum atomic E-state index is 0.759. The summed E-state index contributed by atoms with van der Waals surface area (Å²) in [6.07, 6.45) is 0. The van der Waals surface area contributed by atoms with Crippen LogP contribution in [-0.2, 0) is 0 Å². The Balaban J connectivity index is 2.93. The van der Waals surface area contributed by atoms with Crippen molar-refractivity contribution in [3.8, 4) is 0 Å². The van der Waals surface area contributed by atoms with Gasteiger partial charge in [0.2, 0.25) is 0 Å². The van der Waals surface area contributed by atoms with Crippen molar-refractivity contribution in [1.82, 2.24) is 10.2 Å². The van der Waals surface area contributed by atoms with Crippen LogP contribution in [-0.4, -0.2) is 10.2 Å². The van der Waals surface area contributed by atoms with Gasteiger partial charge < -0.3 is 0 Å². The average molecular weight is 404 g/mol. The van der Waals surface area contributed by atoms with Crippen LogP contribution in [0.4, 0.5) is 0 Å². The van der Waals surface area contributed by atoms with E-state index in [1.807, 2.05) is 12.1 Å². The van der Waals surface area contributed by atoms with Crippen LogP contribution in [0.3, 0.4) is 0 Å². The van der Waals surface area contributed by atoms with E-state index in [9.17, 15) is 0 Å². The molecule has 0 aliphatic carbocycles. The second-order valence-electron chi connectivity index (χ2n) is 2.32. The van der Waals surface area contributed by atoms with Crippen LogP contribution in [0, 0.1) is 7.27 Å². The second kappa shape index (κ2) is 3.30. The molecule has 0 aliphatic heterocycles. The lowest BCUT2D eigenvalue weighted by molar-refractivity contribution is 1.09. The molecule has 12 heavy (non-hydrogen) atoms. The van der Waals surface area contributed by atoms with Gasteiger partial charge in [-0.2, -0.15) is 5.10 Å². The first kappa shape index (κ1) is 9.01. The van der Waals surface area contributed by atoms with E-state index in [-0.39, 0.29) is 0 Å². The molecule has 0 bridgehead atoms. The van der Waals surface area contributed by atoms with Gasteiger partial charge in [0.25, 0.3) is 0 Å². The van der Waals surface area contributed by atoms with Crippen LogP contribution in [0.5, 0.6) is 0 Å². The number of aromatic nitrogens is 2. The van der Waals surface area contributed by atoms with Gasteiger partial charge in [-0.1, -0.05) is 11.6 Å². The molecule has 0 saturated heterocycles. The van der Waals surface area contributed by atoms with Crippen molar-refractivity contribution in [3.63, 3.8) is 0 Å². The van der Waals surface area contributed by atoms with E-state index in [0.717, 1.165) is 23.2 Å². The predicted octanol–water partition coefficient (Wildman–Crippen LogP) is 3.43. The zero-order chi connectivity index (χ0) is 8.72. The van der Waals surface area contributed by atoms with E-state index < -0.39 is 0 Å². The minimum Gasteiger partial charge on any atom is -0.271 e. The Morgan fingerprint density at radius 3 is 2.83 bits per heavy atom. The molecule has 2 nitrogen and oxygen atoms in total. The number of hydrogen-bond acceptors (Lipinski definition) is 1. The molecule has 0 aliphatic rings. The summed E-state index contributed by atoms with van der Waals surface area (Å²) in [6, 6.07) is 3.93. The fraction of sp³-hybridized carbons (Fsp3) is 0. The van der Waals surface area contributed by atoms with Gasteiger partial charge >= 0.3 is 0 Å². The van der Waals surface area contributed by atoms with Gasteiger partial charge in [0.15, 0.2) is 0 Å². The molecule has 0 unspecified atom stereocenters. The van der Waals surface area contributed by atoms with E-state index in [1.54, 1.807) is 0 Å². The van der Waals surface area contributed by atoms with Gasteiger partial charge in [-0.3, -0.25) is 5.10 Å². The van der Waals surface area contributed by atoms with Gasteiger partial charge in [0.05, 0.1) is 15.9 Å². The van der Waals surface area contributed by atoms with E-state index >= 15 is 0 Å². The number of rotatable bonds is 0. The number of nitrogens with one attached hydrogen (secondary N) is 1. The summed E-state index contributed by atoms with van der Waals surface area (Å²) in [5.41, 5.74) is 0.927. The first-order valence-corrected chi connectivity index (χ1v) is 5.70. The monoisotopic (exact) mass is 404 g/mol. The third-order valence-corrected chi connectivity index (χ3v) is 3.23. The van der Waals surface area contributed by atoms with Crippen molar-refractivity contribution in [3.05, 3.63) is 24.4 Å². The summed E-state index contributed by atoms with van der Waals surface area (Å²) in [4.78, 5) is 0. The lowest BCUT2D eigenvalue weighted by Crippen LogP contribution is -1.75. The molecule has 0 spiro atoms. The van der Waals surface area contributed by atoms with Crippen LogP contribution >= 0.6 is 56.8 Å². The highest BCUT2D eigenvalue weighted by Crippen LogP contribution is 2.28. The predicted molar refractivity (Wildman–Crippen MR) is 66.5 cm³/mol. The number of aromatic amines is 1. The van der Waals surface area contributed by atoms with E-state index in [4.69, 9.17) is 11.6 Å². The molecule has 2 aromatic rings. The minimum absolute atomic E-state index is 0.759. The molecule has 1 aromatic carbocycles. The Morgan fingerprint density at radius 2 is 2.08 bits per heavy atom. The lowest BCUT2D eigenvalue weighted by Gasteiger charge is -1.94. The standard InChI is InChI=1S/C7H3ClI2N2/c8-4-1-3(9)2-5-6(4)7(10)12-11-5/h1-2H,(H,11,12). The first-order chi connectivity index (χ1) is 5.68. The highest BCUT2D eigenvalue weighted by atomic mass is 127. The Kier molecular flexibility index (Phi) is 2.48. The Labute approximate surface area is 101 Å². The van der Waals surface area contributed by atoms with Crippen LogP contribution < -0.4 is 0 Å². The Morgan fingerprint density at radius 1 is 1.33 bits per heavy atom. The first-order valence-electron chi connectivity index (χ1n) is 3.17. The second-order valence-corrected chi connectivity index (χ2v) is 5.05. The van der Waals surface area contributed by atoms with Crippen molar-refractivity contribution in [2.45, 2.75) is 0 Å². The number of nitrogens with zero attached hydrogens (tertiary/aromatic N) is 1. The van der Waals surface area contributed by atoms with Crippen molar-refractivity contribution < 1.29 is 0 Å². The van der Waals surface area contributed by atoms with Crippen molar-refractivity contribution in [2.75, 3.05) is 0 Å². The maximum Gasteiger partial charge on any atom is 0.105 e. The van der Waals surface area contributed by atoms with Gasteiger partial charge in [0.1, 0.15) is 3.70 Å². The number of halogens is 3. The fourth-order valence-corrected chi connectivity index (χ4v) is 2.98. The zero-order valence-corrected chi connectivity index (χ0v) is 10.8. The number of fused-ring (bicyclic) bond motifs is 1. The normalized spacial score (nSPS) is 10.9. The smallest absolute Gasteiger partial charge is 0.105 e. The van der Waals surface area contributed by atoms with E-state index in [1.165, 1.54) is 0 Å². The van der Waals surface area contributed by atoms with Crippen LogP contribution in [0.2, 0.25) is 5.02 Å². The summed E-state index contributed by atoms with van der Waals surface area (Å²) in [5, 5.41) is 8.78. The van der Waals surface area contributed by atoms with Crippen molar-refractivity contribution in [1.29, 1.82) is 0 Å². The maximum absolute atomic E-state index is 6.04. The summed E-state index contributed by atoms with van der Waals surface area (Å²) in [6.45, 7) is 0. The molecule has 62 valence electrons. The molecule has 5 heteroatoms. The zero-order valence-electron chi connectivity index (χ0n) is 5.74. The SMILES string of the molecule is Clc1cc(I)cc2n[nH]c(I)c12. The summed E-state index contributed by atoms with van der Waals surface area (Å²) in [5.74, 6) is 0. The molecular formula is C7H3ClI2N2. The molecule has 1 aromatic heterocycles. The molecule has 0 atom stereocenters. The van der Waals surface area contributed by atoms with E-state index in [0.29, 0.717) is 0 Å². The molecule has 2 rings (SSSR count). The highest BCUT2D eigenvalue weighted by molar-refractivity contribution is 14.1. The van der Waals surface area contributed by atoms with Crippen LogP contribution in [0.1, 0.15) is 0 Å². The number of H-pyrrole nitrogens is 1. The van der Waals surface area contributed by atoms with Gasteiger partial charge in [-0.15, -0.1) is 0 Å². The third kappa shape index (κ3) is 1.44. The largest absolute Gasteiger partial charge is 0.271 e. The molecule has 0 amide bonds. The Hall–Kier alpha value is 0.440. The van der Waals surface area contributed by atoms with Crippen LogP contribution in [0.15, 0.2) is 12.1 Å². The Bertz CT molecular complexity index is 438. The van der Waals surface area contributed by atoms with Crippen molar-refractivity contribution >= 4 is 67.7 Å². The van der Waals surface area contributed by atoms with Crippen molar-refractivity contribution in [2.24, 2.45) is 0 Å². The van der Waals surface area contributed by atoms with Gasteiger partial charge in [0, 0.05) is 3.57 Å². The summed E-state index contributed by atoms with van der Waals surface area (Å²) >= 11 is 10.4. The maximum atomic E-state index is 6.04. The topological polar surface area (TPSA) is 28.7 Å².